The lowest BCUT2D eigenvalue weighted by atomic mass is 10.3. The number of nitrogens with zero attached hydrogens (tertiary/aromatic N) is 2. The van der Waals surface area contributed by atoms with E-state index in [1.165, 1.54) is 18.3 Å². The number of pyridine rings is 1. The smallest absolute Gasteiger partial charge is 0.335 e. The van der Waals surface area contributed by atoms with Crippen LogP contribution in [0.25, 0.3) is 0 Å². The molecule has 0 aromatic carbocycles. The summed E-state index contributed by atoms with van der Waals surface area (Å²) in [6.45, 7) is 2.87. The van der Waals surface area contributed by atoms with Crippen molar-refractivity contribution in [2.75, 3.05) is 31.7 Å². The first kappa shape index (κ1) is 10.8. The standard InChI is InChI=1S/C10H13N3O3/c14-10(15)8-1-2-11-9(7-8)12-13-3-5-16-6-4-13/h1-2,7H,3-6H2,(H,11,12)(H,14,15). The third kappa shape index (κ3) is 2.68. The van der Waals surface area contributed by atoms with E-state index in [0.29, 0.717) is 19.0 Å². The largest absolute Gasteiger partial charge is 0.478 e. The van der Waals surface area contributed by atoms with Gasteiger partial charge in [0.2, 0.25) is 0 Å². The van der Waals surface area contributed by atoms with Gasteiger partial charge in [0.15, 0.2) is 0 Å². The Labute approximate surface area is 92.8 Å². The SMILES string of the molecule is O=C(O)c1ccnc(NN2CCOCC2)c1. The van der Waals surface area contributed by atoms with Crippen LogP contribution in [0.2, 0.25) is 0 Å². The van der Waals surface area contributed by atoms with Crippen molar-refractivity contribution in [2.24, 2.45) is 0 Å². The van der Waals surface area contributed by atoms with Crippen molar-refractivity contribution < 1.29 is 14.6 Å². The van der Waals surface area contributed by atoms with Gasteiger partial charge in [0.1, 0.15) is 5.82 Å². The van der Waals surface area contributed by atoms with Crippen molar-refractivity contribution in [1.82, 2.24) is 9.99 Å². The molecule has 1 saturated heterocycles. The van der Waals surface area contributed by atoms with E-state index in [9.17, 15) is 4.79 Å². The Morgan fingerprint density at radius 3 is 2.94 bits per heavy atom. The van der Waals surface area contributed by atoms with E-state index >= 15 is 0 Å². The number of carboxylic acids is 1. The van der Waals surface area contributed by atoms with Gasteiger partial charge in [0.05, 0.1) is 18.8 Å². The summed E-state index contributed by atoms with van der Waals surface area (Å²) in [5, 5.41) is 10.8. The summed E-state index contributed by atoms with van der Waals surface area (Å²) in [7, 11) is 0. The molecule has 1 fully saturated rings. The Hall–Kier alpha value is -1.66. The maximum absolute atomic E-state index is 10.8. The van der Waals surface area contributed by atoms with Crippen LogP contribution < -0.4 is 5.43 Å². The van der Waals surface area contributed by atoms with Gasteiger partial charge in [-0.25, -0.2) is 14.8 Å². The Bertz CT molecular complexity index is 377. The first-order chi connectivity index (χ1) is 7.75. The third-order valence-corrected chi connectivity index (χ3v) is 2.29. The lowest BCUT2D eigenvalue weighted by Gasteiger charge is -2.27. The van der Waals surface area contributed by atoms with Crippen molar-refractivity contribution in [2.45, 2.75) is 0 Å². The zero-order valence-corrected chi connectivity index (χ0v) is 8.72. The number of hydrogen-bond acceptors (Lipinski definition) is 5. The van der Waals surface area contributed by atoms with Crippen LogP contribution in [0, 0.1) is 0 Å². The maximum Gasteiger partial charge on any atom is 0.335 e. The van der Waals surface area contributed by atoms with Gasteiger partial charge in [-0.3, -0.25) is 0 Å². The second-order valence-electron chi connectivity index (χ2n) is 3.45. The highest BCUT2D eigenvalue weighted by molar-refractivity contribution is 5.88. The lowest BCUT2D eigenvalue weighted by Crippen LogP contribution is -2.40. The number of aromatic carboxylic acids is 1. The predicted octanol–water partition coefficient (Wildman–Crippen LogP) is 0.439. The van der Waals surface area contributed by atoms with Crippen LogP contribution in [0.15, 0.2) is 18.3 Å². The zero-order valence-electron chi connectivity index (χ0n) is 8.72. The molecular formula is C10H13N3O3. The van der Waals surface area contributed by atoms with Crippen LogP contribution >= 0.6 is 0 Å². The Morgan fingerprint density at radius 1 is 1.50 bits per heavy atom. The number of ether oxygens (including phenoxy) is 1. The quantitative estimate of drug-likeness (QED) is 0.774. The maximum atomic E-state index is 10.8. The molecular weight excluding hydrogens is 210 g/mol. The van der Waals surface area contributed by atoms with E-state index in [4.69, 9.17) is 9.84 Å². The average molecular weight is 223 g/mol. The molecule has 16 heavy (non-hydrogen) atoms. The summed E-state index contributed by atoms with van der Waals surface area (Å²) in [6.07, 6.45) is 1.48. The molecule has 6 nitrogen and oxygen atoms in total. The molecule has 86 valence electrons. The van der Waals surface area contributed by atoms with Crippen LogP contribution in [-0.2, 0) is 4.74 Å². The molecule has 0 bridgehead atoms. The van der Waals surface area contributed by atoms with E-state index < -0.39 is 5.97 Å². The van der Waals surface area contributed by atoms with Gasteiger partial charge in [-0.05, 0) is 12.1 Å². The summed E-state index contributed by atoms with van der Waals surface area (Å²) in [5.41, 5.74) is 3.28. The number of anilines is 1. The highest BCUT2D eigenvalue weighted by atomic mass is 16.5. The van der Waals surface area contributed by atoms with E-state index in [2.05, 4.69) is 10.4 Å². The minimum atomic E-state index is -0.951. The number of morpholine rings is 1. The van der Waals surface area contributed by atoms with E-state index in [1.54, 1.807) is 0 Å². The molecule has 0 unspecified atom stereocenters. The first-order valence-corrected chi connectivity index (χ1v) is 5.04. The molecule has 2 heterocycles. The third-order valence-electron chi connectivity index (χ3n) is 2.29. The number of carboxylic acid groups (broad SMARTS) is 1. The van der Waals surface area contributed by atoms with Gasteiger partial charge < -0.3 is 15.3 Å². The molecule has 0 spiro atoms. The Morgan fingerprint density at radius 2 is 2.25 bits per heavy atom. The predicted molar refractivity (Wildman–Crippen MR) is 57.2 cm³/mol. The molecule has 0 amide bonds. The van der Waals surface area contributed by atoms with Crippen LogP contribution in [0.3, 0.4) is 0 Å². The highest BCUT2D eigenvalue weighted by Crippen LogP contribution is 2.08. The second-order valence-corrected chi connectivity index (χ2v) is 3.45. The van der Waals surface area contributed by atoms with E-state index in [-0.39, 0.29) is 5.56 Å². The van der Waals surface area contributed by atoms with Gasteiger partial charge in [0.25, 0.3) is 0 Å². The van der Waals surface area contributed by atoms with Crippen LogP contribution in [0.1, 0.15) is 10.4 Å². The fourth-order valence-corrected chi connectivity index (χ4v) is 1.46. The van der Waals surface area contributed by atoms with E-state index in [1.807, 2.05) is 5.01 Å². The minimum Gasteiger partial charge on any atom is -0.478 e. The van der Waals surface area contributed by atoms with Gasteiger partial charge >= 0.3 is 5.97 Å². The van der Waals surface area contributed by atoms with Crippen molar-refractivity contribution in [3.8, 4) is 0 Å². The number of hydrogen-bond donors (Lipinski definition) is 2. The Kier molecular flexibility index (Phi) is 3.33. The van der Waals surface area contributed by atoms with E-state index in [0.717, 1.165) is 13.1 Å². The first-order valence-electron chi connectivity index (χ1n) is 5.04. The van der Waals surface area contributed by atoms with Crippen molar-refractivity contribution in [1.29, 1.82) is 0 Å². The second kappa shape index (κ2) is 4.91. The van der Waals surface area contributed by atoms with Crippen molar-refractivity contribution in [3.05, 3.63) is 23.9 Å². The Balaban J connectivity index is 2.02. The lowest BCUT2D eigenvalue weighted by molar-refractivity contribution is 0.0494. The molecule has 2 rings (SSSR count). The van der Waals surface area contributed by atoms with Crippen molar-refractivity contribution >= 4 is 11.8 Å². The topological polar surface area (TPSA) is 74.7 Å². The summed E-state index contributed by atoms with van der Waals surface area (Å²) in [4.78, 5) is 14.8. The fraction of sp³-hybridized carbons (Fsp3) is 0.400. The number of hydrazine groups is 1. The summed E-state index contributed by atoms with van der Waals surface area (Å²) < 4.78 is 5.20. The van der Waals surface area contributed by atoms with Crippen LogP contribution in [0.4, 0.5) is 5.82 Å². The van der Waals surface area contributed by atoms with Gasteiger partial charge in [-0.1, -0.05) is 0 Å². The molecule has 1 aliphatic rings. The van der Waals surface area contributed by atoms with Crippen LogP contribution in [-0.4, -0.2) is 47.4 Å². The normalized spacial score (nSPS) is 17.0. The molecule has 0 radical (unpaired) electrons. The van der Waals surface area contributed by atoms with Crippen LogP contribution in [0.5, 0.6) is 0 Å². The summed E-state index contributed by atoms with van der Waals surface area (Å²) >= 11 is 0. The zero-order chi connectivity index (χ0) is 11.4. The molecule has 0 aliphatic carbocycles. The molecule has 6 heteroatoms. The summed E-state index contributed by atoms with van der Waals surface area (Å²) in [6, 6.07) is 2.98. The number of carbonyl (C=O) groups is 1. The monoisotopic (exact) mass is 223 g/mol. The molecule has 1 aromatic heterocycles. The fourth-order valence-electron chi connectivity index (χ4n) is 1.46. The number of nitrogens with one attached hydrogen (secondary N) is 1. The van der Waals surface area contributed by atoms with Gasteiger partial charge in [-0.2, -0.15) is 0 Å². The number of aromatic nitrogens is 1. The molecule has 1 aromatic rings. The molecule has 2 N–H and O–H groups in total. The molecule has 0 atom stereocenters. The van der Waals surface area contributed by atoms with Gasteiger partial charge in [-0.15, -0.1) is 0 Å². The average Bonchev–Trinajstić information content (AvgIpc) is 2.30. The molecule has 1 aliphatic heterocycles. The summed E-state index contributed by atoms with van der Waals surface area (Å²) in [5.74, 6) is -0.408. The minimum absolute atomic E-state index is 0.228. The number of rotatable bonds is 3. The van der Waals surface area contributed by atoms with Gasteiger partial charge in [0, 0.05) is 19.3 Å². The van der Waals surface area contributed by atoms with Crippen molar-refractivity contribution in [3.63, 3.8) is 0 Å². The molecule has 0 saturated carbocycles. The highest BCUT2D eigenvalue weighted by Gasteiger charge is 2.11.